The molecular weight excluding hydrogens is 266 g/mol. The van der Waals surface area contributed by atoms with Crippen molar-refractivity contribution in [2.75, 3.05) is 7.11 Å². The Morgan fingerprint density at radius 2 is 1.79 bits per heavy atom. The van der Waals surface area contributed by atoms with E-state index in [9.17, 15) is 4.79 Å². The van der Waals surface area contributed by atoms with Gasteiger partial charge < -0.3 is 15.2 Å². The highest BCUT2D eigenvalue weighted by atomic mass is 35.5. The number of carbonyl (C=O) groups is 1. The van der Waals surface area contributed by atoms with Crippen molar-refractivity contribution in [2.45, 2.75) is 38.8 Å². The third kappa shape index (κ3) is 6.45. The van der Waals surface area contributed by atoms with E-state index in [4.69, 9.17) is 15.2 Å². The van der Waals surface area contributed by atoms with Gasteiger partial charge in [-0.25, -0.2) is 0 Å². The smallest absolute Gasteiger partial charge is 0.323 e. The minimum absolute atomic E-state index is 0. The van der Waals surface area contributed by atoms with E-state index < -0.39 is 11.6 Å². The van der Waals surface area contributed by atoms with Crippen LogP contribution in [0.1, 0.15) is 26.3 Å². The molecule has 0 bridgehead atoms. The van der Waals surface area contributed by atoms with Gasteiger partial charge in [0.15, 0.2) is 0 Å². The average molecular weight is 288 g/mol. The summed E-state index contributed by atoms with van der Waals surface area (Å²) in [5.74, 6) is 0.405. The first-order chi connectivity index (χ1) is 8.31. The minimum Gasteiger partial charge on any atom is -0.497 e. The van der Waals surface area contributed by atoms with Gasteiger partial charge >= 0.3 is 5.97 Å². The first-order valence-electron chi connectivity index (χ1n) is 5.93. The van der Waals surface area contributed by atoms with Crippen LogP contribution in [0.3, 0.4) is 0 Å². The third-order valence-electron chi connectivity index (χ3n) is 2.32. The number of hydrogen-bond acceptors (Lipinski definition) is 4. The van der Waals surface area contributed by atoms with Crippen LogP contribution >= 0.6 is 12.4 Å². The van der Waals surface area contributed by atoms with Crippen molar-refractivity contribution in [3.05, 3.63) is 29.8 Å². The fraction of sp³-hybridized carbons (Fsp3) is 0.500. The fourth-order valence-electron chi connectivity index (χ4n) is 1.48. The Balaban J connectivity index is 0.00000324. The number of carbonyl (C=O) groups excluding carboxylic acids is 1. The Morgan fingerprint density at radius 1 is 1.26 bits per heavy atom. The van der Waals surface area contributed by atoms with Gasteiger partial charge in [-0.05, 0) is 44.9 Å². The summed E-state index contributed by atoms with van der Waals surface area (Å²) in [6.07, 6.45) is 0.457. The second kappa shape index (κ2) is 7.36. The first-order valence-corrected chi connectivity index (χ1v) is 5.93. The Kier molecular flexibility index (Phi) is 6.87. The van der Waals surface area contributed by atoms with E-state index in [1.54, 1.807) is 7.11 Å². The molecule has 0 amide bonds. The molecule has 0 spiro atoms. The number of rotatable bonds is 4. The van der Waals surface area contributed by atoms with E-state index in [0.717, 1.165) is 11.3 Å². The minimum atomic E-state index is -0.641. The molecule has 0 saturated heterocycles. The maximum atomic E-state index is 11.7. The van der Waals surface area contributed by atoms with Crippen molar-refractivity contribution in [3.8, 4) is 5.75 Å². The van der Waals surface area contributed by atoms with Gasteiger partial charge in [0.25, 0.3) is 0 Å². The molecule has 0 saturated carbocycles. The van der Waals surface area contributed by atoms with Crippen LogP contribution in [0.25, 0.3) is 0 Å². The zero-order valence-electron chi connectivity index (χ0n) is 11.8. The van der Waals surface area contributed by atoms with Crippen molar-refractivity contribution in [1.82, 2.24) is 0 Å². The summed E-state index contributed by atoms with van der Waals surface area (Å²) in [6, 6.07) is 6.83. The molecule has 19 heavy (non-hydrogen) atoms. The summed E-state index contributed by atoms with van der Waals surface area (Å²) >= 11 is 0. The average Bonchev–Trinajstić information content (AvgIpc) is 2.27. The number of ether oxygens (including phenoxy) is 2. The molecule has 0 fully saturated rings. The number of nitrogens with two attached hydrogens (primary N) is 1. The van der Waals surface area contributed by atoms with E-state index in [2.05, 4.69) is 0 Å². The number of esters is 1. The van der Waals surface area contributed by atoms with Gasteiger partial charge in [-0.3, -0.25) is 4.79 Å². The number of halogens is 1. The van der Waals surface area contributed by atoms with Crippen LogP contribution in [0.5, 0.6) is 5.75 Å². The normalized spacial score (nSPS) is 12.3. The Morgan fingerprint density at radius 3 is 2.21 bits per heavy atom. The van der Waals surface area contributed by atoms with Crippen molar-refractivity contribution < 1.29 is 14.3 Å². The molecule has 0 heterocycles. The lowest BCUT2D eigenvalue weighted by atomic mass is 10.1. The van der Waals surface area contributed by atoms with Crippen LogP contribution in [-0.4, -0.2) is 24.7 Å². The molecule has 0 unspecified atom stereocenters. The van der Waals surface area contributed by atoms with Crippen LogP contribution < -0.4 is 10.5 Å². The molecule has 0 aliphatic heterocycles. The molecule has 0 aliphatic rings. The van der Waals surface area contributed by atoms with E-state index in [-0.39, 0.29) is 18.4 Å². The zero-order valence-corrected chi connectivity index (χ0v) is 12.6. The SMILES string of the molecule is COc1ccc(C[C@H](N)C(=O)OC(C)(C)C)cc1.Cl. The molecule has 1 rings (SSSR count). The predicted molar refractivity (Wildman–Crippen MR) is 77.8 cm³/mol. The highest BCUT2D eigenvalue weighted by Crippen LogP contribution is 2.14. The van der Waals surface area contributed by atoms with Crippen molar-refractivity contribution in [2.24, 2.45) is 5.73 Å². The van der Waals surface area contributed by atoms with Crippen molar-refractivity contribution in [1.29, 1.82) is 0 Å². The van der Waals surface area contributed by atoms with Crippen LogP contribution in [0, 0.1) is 0 Å². The Bertz CT molecular complexity index is 398. The maximum absolute atomic E-state index is 11.7. The van der Waals surface area contributed by atoms with Crippen LogP contribution in [0.15, 0.2) is 24.3 Å². The predicted octanol–water partition coefficient (Wildman–Crippen LogP) is 2.33. The fourth-order valence-corrected chi connectivity index (χ4v) is 1.48. The molecular formula is C14H22ClNO3. The van der Waals surface area contributed by atoms with Gasteiger partial charge in [0, 0.05) is 0 Å². The molecule has 4 nitrogen and oxygen atoms in total. The standard InChI is InChI=1S/C14H21NO3.ClH/c1-14(2,3)18-13(16)12(15)9-10-5-7-11(17-4)8-6-10;/h5-8,12H,9,15H2,1-4H3;1H/t12-;/m0./s1. The second-order valence-corrected chi connectivity index (χ2v) is 5.19. The molecule has 5 heteroatoms. The number of hydrogen-bond donors (Lipinski definition) is 1. The topological polar surface area (TPSA) is 61.5 Å². The summed E-state index contributed by atoms with van der Waals surface area (Å²) in [5, 5.41) is 0. The molecule has 0 radical (unpaired) electrons. The van der Waals surface area contributed by atoms with Crippen molar-refractivity contribution >= 4 is 18.4 Å². The van der Waals surface area contributed by atoms with Gasteiger partial charge in [-0.15, -0.1) is 12.4 Å². The van der Waals surface area contributed by atoms with E-state index in [1.807, 2.05) is 45.0 Å². The van der Waals surface area contributed by atoms with E-state index >= 15 is 0 Å². The Hall–Kier alpha value is -1.26. The summed E-state index contributed by atoms with van der Waals surface area (Å²) in [7, 11) is 1.61. The Labute approximate surface area is 120 Å². The van der Waals surface area contributed by atoms with Crippen LogP contribution in [-0.2, 0) is 16.0 Å². The molecule has 0 aromatic heterocycles. The highest BCUT2D eigenvalue weighted by molar-refractivity contribution is 5.85. The van der Waals surface area contributed by atoms with Gasteiger partial charge in [-0.2, -0.15) is 0 Å². The molecule has 108 valence electrons. The highest BCUT2D eigenvalue weighted by Gasteiger charge is 2.22. The van der Waals surface area contributed by atoms with Crippen molar-refractivity contribution in [3.63, 3.8) is 0 Å². The van der Waals surface area contributed by atoms with Gasteiger partial charge in [-0.1, -0.05) is 12.1 Å². The van der Waals surface area contributed by atoms with E-state index in [1.165, 1.54) is 0 Å². The molecule has 2 N–H and O–H groups in total. The van der Waals surface area contributed by atoms with Gasteiger partial charge in [0.05, 0.1) is 7.11 Å². The molecule has 1 aromatic carbocycles. The van der Waals surface area contributed by atoms with Gasteiger partial charge in [0.1, 0.15) is 17.4 Å². The summed E-state index contributed by atoms with van der Waals surface area (Å²) < 4.78 is 10.3. The lowest BCUT2D eigenvalue weighted by Crippen LogP contribution is -2.38. The quantitative estimate of drug-likeness (QED) is 0.864. The van der Waals surface area contributed by atoms with Crippen LogP contribution in [0.4, 0.5) is 0 Å². The lowest BCUT2D eigenvalue weighted by Gasteiger charge is -2.22. The third-order valence-corrected chi connectivity index (χ3v) is 2.32. The summed E-state index contributed by atoms with van der Waals surface area (Å²) in [4.78, 5) is 11.7. The second-order valence-electron chi connectivity index (χ2n) is 5.19. The molecule has 1 atom stereocenters. The zero-order chi connectivity index (χ0) is 13.8. The molecule has 1 aromatic rings. The molecule has 0 aliphatic carbocycles. The number of methoxy groups -OCH3 is 1. The lowest BCUT2D eigenvalue weighted by molar-refractivity contribution is -0.156. The monoisotopic (exact) mass is 287 g/mol. The largest absolute Gasteiger partial charge is 0.497 e. The first kappa shape index (κ1) is 17.7. The van der Waals surface area contributed by atoms with Gasteiger partial charge in [0.2, 0.25) is 0 Å². The number of benzene rings is 1. The van der Waals surface area contributed by atoms with E-state index in [0.29, 0.717) is 6.42 Å². The maximum Gasteiger partial charge on any atom is 0.323 e. The van der Waals surface area contributed by atoms with Crippen LogP contribution in [0.2, 0.25) is 0 Å². The summed E-state index contributed by atoms with van der Waals surface area (Å²) in [5.41, 5.74) is 6.30. The summed E-state index contributed by atoms with van der Waals surface area (Å²) in [6.45, 7) is 5.47.